The van der Waals surface area contributed by atoms with Crippen LogP contribution in [-0.2, 0) is 25.9 Å². The first-order valence-electron chi connectivity index (χ1n) is 13.5. The molecule has 2 heterocycles. The van der Waals surface area contributed by atoms with Crippen molar-refractivity contribution < 1.29 is 0 Å². The Balaban J connectivity index is 0.947. The van der Waals surface area contributed by atoms with Crippen LogP contribution in [0, 0.1) is 0 Å². The van der Waals surface area contributed by atoms with E-state index in [-0.39, 0.29) is 0 Å². The van der Waals surface area contributed by atoms with E-state index >= 15 is 0 Å². The number of H-pyrrole nitrogens is 2. The van der Waals surface area contributed by atoms with E-state index in [9.17, 15) is 0 Å². The van der Waals surface area contributed by atoms with Gasteiger partial charge in [0.25, 0.3) is 0 Å². The van der Waals surface area contributed by atoms with Gasteiger partial charge in [0.1, 0.15) is 0 Å². The van der Waals surface area contributed by atoms with E-state index in [0.29, 0.717) is 0 Å². The first-order valence-corrected chi connectivity index (χ1v) is 13.5. The molecule has 5 rings (SSSR count). The van der Waals surface area contributed by atoms with E-state index < -0.39 is 0 Å². The summed E-state index contributed by atoms with van der Waals surface area (Å²) in [5.74, 6) is 0. The van der Waals surface area contributed by atoms with Crippen molar-refractivity contribution in [3.8, 4) is 0 Å². The summed E-state index contributed by atoms with van der Waals surface area (Å²) in [4.78, 5) is 6.76. The fourth-order valence-corrected chi connectivity index (χ4v) is 5.12. The summed E-state index contributed by atoms with van der Waals surface area (Å²) in [6, 6.07) is 26.1. The molecule has 186 valence electrons. The fourth-order valence-electron chi connectivity index (χ4n) is 5.12. The topological polar surface area (TPSA) is 55.6 Å². The second-order valence-corrected chi connectivity index (χ2v) is 9.81. The molecule has 0 atom stereocenters. The van der Waals surface area contributed by atoms with Crippen molar-refractivity contribution in [3.05, 3.63) is 107 Å². The molecule has 4 heteroatoms. The molecule has 0 radical (unpaired) electrons. The number of hydrogen-bond acceptors (Lipinski definition) is 2. The van der Waals surface area contributed by atoms with Crippen LogP contribution in [0.15, 0.2) is 85.2 Å². The first kappa shape index (κ1) is 24.4. The number of aryl methyl sites for hydroxylation is 2. The van der Waals surface area contributed by atoms with Gasteiger partial charge in [0.05, 0.1) is 0 Å². The van der Waals surface area contributed by atoms with Crippen LogP contribution in [0.4, 0.5) is 0 Å². The van der Waals surface area contributed by atoms with Crippen molar-refractivity contribution in [1.29, 1.82) is 0 Å². The Kier molecular flexibility index (Phi) is 8.50. The quantitative estimate of drug-likeness (QED) is 0.132. The molecule has 36 heavy (non-hydrogen) atoms. The minimum Gasteiger partial charge on any atom is -0.361 e. The van der Waals surface area contributed by atoms with Gasteiger partial charge in [0.2, 0.25) is 0 Å². The molecule has 0 unspecified atom stereocenters. The summed E-state index contributed by atoms with van der Waals surface area (Å²) in [5.41, 5.74) is 8.08. The first-order chi connectivity index (χ1) is 17.9. The van der Waals surface area contributed by atoms with Crippen LogP contribution in [0.3, 0.4) is 0 Å². The third kappa shape index (κ3) is 6.45. The predicted molar refractivity (Wildman–Crippen MR) is 152 cm³/mol. The zero-order valence-corrected chi connectivity index (χ0v) is 21.2. The van der Waals surface area contributed by atoms with E-state index in [4.69, 9.17) is 0 Å². The van der Waals surface area contributed by atoms with Gasteiger partial charge in [0.15, 0.2) is 0 Å². The molecule has 0 spiro atoms. The molecule has 0 saturated heterocycles. The van der Waals surface area contributed by atoms with Gasteiger partial charge in [-0.05, 0) is 86.0 Å². The minimum absolute atomic E-state index is 0.936. The number of fused-ring (bicyclic) bond motifs is 2. The predicted octanol–water partition coefficient (Wildman–Crippen LogP) is 6.87. The molecular weight excluding hydrogens is 440 g/mol. The van der Waals surface area contributed by atoms with Crippen molar-refractivity contribution in [2.45, 2.75) is 51.6 Å². The molecule has 3 aromatic carbocycles. The van der Waals surface area contributed by atoms with Gasteiger partial charge in [-0.1, -0.05) is 60.7 Å². The van der Waals surface area contributed by atoms with Crippen molar-refractivity contribution in [2.24, 2.45) is 0 Å². The molecule has 0 bridgehead atoms. The summed E-state index contributed by atoms with van der Waals surface area (Å²) < 4.78 is 0. The molecule has 4 nitrogen and oxygen atoms in total. The van der Waals surface area contributed by atoms with Crippen molar-refractivity contribution >= 4 is 21.8 Å². The Labute approximate surface area is 214 Å². The largest absolute Gasteiger partial charge is 0.361 e. The maximum Gasteiger partial charge on any atom is 0.0456 e. The standard InChI is InChI=1S/C32H38N4/c1-3-16-31-29(14-1)27(23-35-31)12-5-7-18-33-21-25-10-9-11-26(20-25)22-34-19-8-6-13-28-24-36-32-17-4-2-15-30(28)32/h1-4,9-11,14-17,20,23-24,33-36H,5-8,12-13,18-19,21-22H2. The van der Waals surface area contributed by atoms with Crippen LogP contribution < -0.4 is 10.6 Å². The van der Waals surface area contributed by atoms with Crippen molar-refractivity contribution in [1.82, 2.24) is 20.6 Å². The van der Waals surface area contributed by atoms with Crippen molar-refractivity contribution in [3.63, 3.8) is 0 Å². The molecular formula is C32H38N4. The Morgan fingerprint density at radius 1 is 0.528 bits per heavy atom. The summed E-state index contributed by atoms with van der Waals surface area (Å²) >= 11 is 0. The highest BCUT2D eigenvalue weighted by Gasteiger charge is 2.04. The maximum atomic E-state index is 3.63. The van der Waals surface area contributed by atoms with Gasteiger partial charge in [-0.25, -0.2) is 0 Å². The lowest BCUT2D eigenvalue weighted by Gasteiger charge is -2.09. The van der Waals surface area contributed by atoms with E-state index in [1.54, 1.807) is 0 Å². The molecule has 0 aliphatic rings. The van der Waals surface area contributed by atoms with Gasteiger partial charge in [-0.15, -0.1) is 0 Å². The zero-order chi connectivity index (χ0) is 24.4. The second-order valence-electron chi connectivity index (χ2n) is 9.81. The molecule has 0 saturated carbocycles. The van der Waals surface area contributed by atoms with E-state index in [1.165, 1.54) is 69.7 Å². The normalized spacial score (nSPS) is 11.6. The number of rotatable bonds is 14. The van der Waals surface area contributed by atoms with Crippen LogP contribution in [0.5, 0.6) is 0 Å². The average molecular weight is 479 g/mol. The average Bonchev–Trinajstić information content (AvgIpc) is 3.53. The molecule has 0 aliphatic carbocycles. The number of para-hydroxylation sites is 2. The Morgan fingerprint density at radius 2 is 1.03 bits per heavy atom. The van der Waals surface area contributed by atoms with Gasteiger partial charge in [0, 0.05) is 47.3 Å². The van der Waals surface area contributed by atoms with Gasteiger partial charge in [-0.2, -0.15) is 0 Å². The van der Waals surface area contributed by atoms with Crippen LogP contribution >= 0.6 is 0 Å². The van der Waals surface area contributed by atoms with Gasteiger partial charge in [-0.3, -0.25) is 0 Å². The van der Waals surface area contributed by atoms with E-state index in [2.05, 4.69) is 106 Å². The number of aromatic nitrogens is 2. The second kappa shape index (κ2) is 12.6. The molecule has 4 N–H and O–H groups in total. The number of aromatic amines is 2. The number of nitrogens with one attached hydrogen (secondary N) is 4. The summed E-state index contributed by atoms with van der Waals surface area (Å²) in [5, 5.41) is 9.98. The molecule has 2 aromatic heterocycles. The number of hydrogen-bond donors (Lipinski definition) is 4. The van der Waals surface area contributed by atoms with Crippen molar-refractivity contribution in [2.75, 3.05) is 13.1 Å². The lowest BCUT2D eigenvalue weighted by Crippen LogP contribution is -2.16. The molecule has 0 amide bonds. The van der Waals surface area contributed by atoms with Crippen LogP contribution in [0.25, 0.3) is 21.8 Å². The van der Waals surface area contributed by atoms with Crippen LogP contribution in [0.2, 0.25) is 0 Å². The highest BCUT2D eigenvalue weighted by molar-refractivity contribution is 5.83. The lowest BCUT2D eigenvalue weighted by molar-refractivity contribution is 0.617. The zero-order valence-electron chi connectivity index (χ0n) is 21.2. The van der Waals surface area contributed by atoms with E-state index in [0.717, 1.165) is 39.0 Å². The summed E-state index contributed by atoms with van der Waals surface area (Å²) in [7, 11) is 0. The SMILES string of the molecule is c1cc(CNCCCCc2c[nH]c3ccccc23)cc(CNCCCCc2c[nH]c3ccccc23)c1. The molecule has 5 aromatic rings. The third-order valence-electron chi connectivity index (χ3n) is 7.10. The highest BCUT2D eigenvalue weighted by atomic mass is 14.9. The summed E-state index contributed by atoms with van der Waals surface area (Å²) in [6.45, 7) is 3.99. The summed E-state index contributed by atoms with van der Waals surface area (Å²) in [6.07, 6.45) is 11.4. The van der Waals surface area contributed by atoms with Gasteiger partial charge < -0.3 is 20.6 Å². The Hall–Kier alpha value is -3.34. The van der Waals surface area contributed by atoms with Crippen LogP contribution in [-0.4, -0.2) is 23.1 Å². The van der Waals surface area contributed by atoms with Gasteiger partial charge >= 0.3 is 0 Å². The Bertz CT molecular complexity index is 1260. The monoisotopic (exact) mass is 478 g/mol. The lowest BCUT2D eigenvalue weighted by atomic mass is 10.1. The maximum absolute atomic E-state index is 3.63. The third-order valence-corrected chi connectivity index (χ3v) is 7.10. The smallest absolute Gasteiger partial charge is 0.0456 e. The molecule has 0 fully saturated rings. The number of unbranched alkanes of at least 4 members (excludes halogenated alkanes) is 2. The minimum atomic E-state index is 0.936. The van der Waals surface area contributed by atoms with Crippen LogP contribution in [0.1, 0.15) is 47.9 Å². The van der Waals surface area contributed by atoms with E-state index in [1.807, 2.05) is 0 Å². The number of benzene rings is 3. The fraction of sp³-hybridized carbons (Fsp3) is 0.312. The Morgan fingerprint density at radius 3 is 1.56 bits per heavy atom. The molecule has 0 aliphatic heterocycles. The highest BCUT2D eigenvalue weighted by Crippen LogP contribution is 2.20.